The lowest BCUT2D eigenvalue weighted by Gasteiger charge is -2.45. The Labute approximate surface area is 205 Å². The molecule has 0 saturated heterocycles. The molecule has 0 aromatic heterocycles. The zero-order valence-corrected chi connectivity index (χ0v) is 20.8. The largest absolute Gasteiger partial charge is 0.573 e. The number of hydrogen-bond acceptors (Lipinski definition) is 3. The van der Waals surface area contributed by atoms with Crippen LogP contribution in [0.3, 0.4) is 0 Å². The van der Waals surface area contributed by atoms with Crippen molar-refractivity contribution in [3.8, 4) is 5.75 Å². The standard InChI is InChI=1S/C28H33F3N2O2/c1-19-5-7-20(8-6-19)15-18-33-25(34)24(21-9-11-23(12-10-21)35-28(29,30)31)32-27(33)16-13-22(14-17-27)26(2,3)4/h5-12,22H,13-18H2,1-4H3. The van der Waals surface area contributed by atoms with E-state index < -0.39 is 12.0 Å². The van der Waals surface area contributed by atoms with Crippen molar-refractivity contribution < 1.29 is 22.7 Å². The van der Waals surface area contributed by atoms with Gasteiger partial charge in [0.25, 0.3) is 5.91 Å². The molecular formula is C28H33F3N2O2. The van der Waals surface area contributed by atoms with E-state index in [-0.39, 0.29) is 17.1 Å². The first kappa shape index (κ1) is 25.3. The summed E-state index contributed by atoms with van der Waals surface area (Å²) in [7, 11) is 0. The smallest absolute Gasteiger partial charge is 0.406 e. The zero-order valence-electron chi connectivity index (χ0n) is 20.8. The van der Waals surface area contributed by atoms with Gasteiger partial charge in [0, 0.05) is 12.1 Å². The molecule has 0 N–H and O–H groups in total. The van der Waals surface area contributed by atoms with E-state index in [1.807, 2.05) is 11.8 Å². The average molecular weight is 487 g/mol. The van der Waals surface area contributed by atoms with E-state index in [0.717, 1.165) is 37.7 Å². The van der Waals surface area contributed by atoms with Crippen LogP contribution in [0.1, 0.15) is 63.1 Å². The van der Waals surface area contributed by atoms with Crippen LogP contribution in [-0.2, 0) is 11.2 Å². The third kappa shape index (κ3) is 5.71. The molecule has 4 nitrogen and oxygen atoms in total. The van der Waals surface area contributed by atoms with Crippen molar-refractivity contribution in [2.45, 2.75) is 71.8 Å². The average Bonchev–Trinajstić information content (AvgIpc) is 3.03. The maximum Gasteiger partial charge on any atom is 0.573 e. The molecule has 4 rings (SSSR count). The molecule has 2 aromatic carbocycles. The first-order valence-corrected chi connectivity index (χ1v) is 12.2. The monoisotopic (exact) mass is 486 g/mol. The lowest BCUT2D eigenvalue weighted by molar-refractivity contribution is -0.274. The summed E-state index contributed by atoms with van der Waals surface area (Å²) in [6, 6.07) is 13.7. The lowest BCUT2D eigenvalue weighted by Crippen LogP contribution is -2.50. The maximum absolute atomic E-state index is 13.6. The van der Waals surface area contributed by atoms with E-state index in [0.29, 0.717) is 23.7 Å². The molecule has 0 unspecified atom stereocenters. The van der Waals surface area contributed by atoms with Gasteiger partial charge in [-0.15, -0.1) is 13.2 Å². The maximum atomic E-state index is 13.6. The number of aryl methyl sites for hydroxylation is 1. The van der Waals surface area contributed by atoms with Crippen molar-refractivity contribution in [2.24, 2.45) is 16.3 Å². The summed E-state index contributed by atoms with van der Waals surface area (Å²) in [4.78, 5) is 20.5. The molecule has 1 amide bonds. The molecule has 2 aliphatic rings. The Morgan fingerprint density at radius 3 is 2.14 bits per heavy atom. The van der Waals surface area contributed by atoms with Crippen molar-refractivity contribution >= 4 is 11.6 Å². The Kier molecular flexibility index (Phi) is 6.73. The van der Waals surface area contributed by atoms with Gasteiger partial charge in [0.2, 0.25) is 0 Å². The molecule has 2 aromatic rings. The zero-order chi connectivity index (χ0) is 25.4. The van der Waals surface area contributed by atoms with Crippen LogP contribution in [-0.4, -0.2) is 35.1 Å². The molecule has 0 radical (unpaired) electrons. The fourth-order valence-electron chi connectivity index (χ4n) is 5.27. The minimum Gasteiger partial charge on any atom is -0.406 e. The molecule has 1 heterocycles. The Hall–Kier alpha value is -2.83. The summed E-state index contributed by atoms with van der Waals surface area (Å²) in [5.74, 6) is 0.0833. The number of benzene rings is 2. The SMILES string of the molecule is Cc1ccc(CCN2C(=O)C(c3ccc(OC(F)(F)F)cc3)=NC23CCC(C(C)(C)C)CC3)cc1. The normalized spacial score (nSPS) is 23.1. The van der Waals surface area contributed by atoms with Gasteiger partial charge in [-0.25, -0.2) is 0 Å². The van der Waals surface area contributed by atoms with Crippen molar-refractivity contribution in [1.82, 2.24) is 4.90 Å². The van der Waals surface area contributed by atoms with Crippen LogP contribution >= 0.6 is 0 Å². The second-order valence-electron chi connectivity index (χ2n) is 10.8. The van der Waals surface area contributed by atoms with E-state index in [4.69, 9.17) is 4.99 Å². The van der Waals surface area contributed by atoms with Gasteiger partial charge in [0.05, 0.1) is 0 Å². The van der Waals surface area contributed by atoms with Crippen LogP contribution < -0.4 is 4.74 Å². The predicted octanol–water partition coefficient (Wildman–Crippen LogP) is 6.70. The van der Waals surface area contributed by atoms with Crippen molar-refractivity contribution in [3.05, 3.63) is 65.2 Å². The van der Waals surface area contributed by atoms with Crippen LogP contribution in [0, 0.1) is 18.3 Å². The van der Waals surface area contributed by atoms with E-state index in [1.54, 1.807) is 0 Å². The van der Waals surface area contributed by atoms with Crippen LogP contribution in [0.5, 0.6) is 5.75 Å². The van der Waals surface area contributed by atoms with Crippen molar-refractivity contribution in [1.29, 1.82) is 0 Å². The van der Waals surface area contributed by atoms with Gasteiger partial charge in [0.15, 0.2) is 0 Å². The van der Waals surface area contributed by atoms with Crippen LogP contribution in [0.4, 0.5) is 13.2 Å². The van der Waals surface area contributed by atoms with Gasteiger partial charge in [-0.3, -0.25) is 9.79 Å². The fourth-order valence-corrected chi connectivity index (χ4v) is 5.27. The summed E-state index contributed by atoms with van der Waals surface area (Å²) in [6.07, 6.45) is -0.511. The Balaban J connectivity index is 1.59. The summed E-state index contributed by atoms with van der Waals surface area (Å²) < 4.78 is 41.6. The fraction of sp³-hybridized carbons (Fsp3) is 0.500. The molecule has 0 bridgehead atoms. The number of aliphatic imine (C=N–C) groups is 1. The van der Waals surface area contributed by atoms with Gasteiger partial charge < -0.3 is 9.64 Å². The number of ether oxygens (including phenoxy) is 1. The second-order valence-corrected chi connectivity index (χ2v) is 10.8. The number of amides is 1. The summed E-state index contributed by atoms with van der Waals surface area (Å²) >= 11 is 0. The van der Waals surface area contributed by atoms with Gasteiger partial charge in [0.1, 0.15) is 17.1 Å². The highest BCUT2D eigenvalue weighted by atomic mass is 19.4. The Bertz CT molecular complexity index is 1080. The molecule has 0 atom stereocenters. The Morgan fingerprint density at radius 2 is 1.60 bits per heavy atom. The quantitative estimate of drug-likeness (QED) is 0.472. The number of hydrogen-bond donors (Lipinski definition) is 0. The molecule has 1 aliphatic carbocycles. The molecule has 1 saturated carbocycles. The van der Waals surface area contributed by atoms with Crippen LogP contribution in [0.15, 0.2) is 53.5 Å². The second kappa shape index (κ2) is 9.32. The molecule has 1 spiro atoms. The van der Waals surface area contributed by atoms with Crippen LogP contribution in [0.2, 0.25) is 0 Å². The highest BCUT2D eigenvalue weighted by Gasteiger charge is 2.49. The van der Waals surface area contributed by atoms with Gasteiger partial charge in [-0.1, -0.05) is 50.6 Å². The minimum absolute atomic E-state index is 0.157. The predicted molar refractivity (Wildman–Crippen MR) is 130 cm³/mol. The highest BCUT2D eigenvalue weighted by molar-refractivity contribution is 6.46. The minimum atomic E-state index is -4.76. The highest BCUT2D eigenvalue weighted by Crippen LogP contribution is 2.46. The third-order valence-corrected chi connectivity index (χ3v) is 7.39. The Morgan fingerprint density at radius 1 is 1.00 bits per heavy atom. The molecule has 35 heavy (non-hydrogen) atoms. The van der Waals surface area contributed by atoms with E-state index >= 15 is 0 Å². The molecule has 188 valence electrons. The van der Waals surface area contributed by atoms with E-state index in [1.165, 1.54) is 29.8 Å². The summed E-state index contributed by atoms with van der Waals surface area (Å²) in [5, 5.41) is 0. The number of carbonyl (C=O) groups is 1. The molecule has 1 aliphatic heterocycles. The first-order chi connectivity index (χ1) is 16.4. The number of nitrogens with zero attached hydrogens (tertiary/aromatic N) is 2. The van der Waals surface area contributed by atoms with Gasteiger partial charge in [-0.2, -0.15) is 0 Å². The molecular weight excluding hydrogens is 453 g/mol. The van der Waals surface area contributed by atoms with Crippen molar-refractivity contribution in [3.63, 3.8) is 0 Å². The topological polar surface area (TPSA) is 41.9 Å². The van der Waals surface area contributed by atoms with Crippen molar-refractivity contribution in [2.75, 3.05) is 6.54 Å². The van der Waals surface area contributed by atoms with Gasteiger partial charge >= 0.3 is 6.36 Å². The number of halogens is 3. The molecule has 1 fully saturated rings. The first-order valence-electron chi connectivity index (χ1n) is 12.2. The number of alkyl halides is 3. The summed E-state index contributed by atoms with van der Waals surface area (Å²) in [5.41, 5.74) is 2.77. The van der Waals surface area contributed by atoms with E-state index in [2.05, 4.69) is 49.8 Å². The number of carbonyl (C=O) groups excluding carboxylic acids is 1. The number of rotatable bonds is 5. The van der Waals surface area contributed by atoms with Crippen LogP contribution in [0.25, 0.3) is 0 Å². The van der Waals surface area contributed by atoms with Gasteiger partial charge in [-0.05, 0) is 80.2 Å². The molecule has 7 heteroatoms. The lowest BCUT2D eigenvalue weighted by atomic mass is 9.69. The summed E-state index contributed by atoms with van der Waals surface area (Å²) in [6.45, 7) is 9.35. The third-order valence-electron chi connectivity index (χ3n) is 7.39. The van der Waals surface area contributed by atoms with E-state index in [9.17, 15) is 18.0 Å².